The first-order valence-electron chi connectivity index (χ1n) is 6.05. The van der Waals surface area contributed by atoms with Gasteiger partial charge in [0.05, 0.1) is 7.11 Å². The van der Waals surface area contributed by atoms with Crippen molar-refractivity contribution < 1.29 is 9.53 Å². The molecule has 2 nitrogen and oxygen atoms in total. The molecular weight excluding hydrogens is 244 g/mol. The Hall–Kier alpha value is -0.960. The number of benzene rings is 1. The lowest BCUT2D eigenvalue weighted by atomic mass is 9.87. The van der Waals surface area contributed by atoms with E-state index in [-0.39, 0.29) is 11.4 Å². The third kappa shape index (κ3) is 3.77. The van der Waals surface area contributed by atoms with Gasteiger partial charge in [-0.05, 0) is 37.0 Å². The number of thioether (sulfide) groups is 1. The lowest BCUT2D eigenvalue weighted by Gasteiger charge is -2.22. The largest absolute Gasteiger partial charge is 0.468 e. The minimum absolute atomic E-state index is 0.154. The van der Waals surface area contributed by atoms with Gasteiger partial charge in [-0.25, -0.2) is 0 Å². The van der Waals surface area contributed by atoms with Crippen LogP contribution in [0.2, 0.25) is 0 Å². The van der Waals surface area contributed by atoms with Gasteiger partial charge in [0.2, 0.25) is 0 Å². The van der Waals surface area contributed by atoms with Crippen LogP contribution in [0.5, 0.6) is 0 Å². The standard InChI is InChI=1S/C15H22O2S/c1-14(2,3)11-7-9-12(10-8-11)18-15(4,5)13(16)17-6/h7-10H,1-6H3. The molecule has 0 spiro atoms. The molecule has 18 heavy (non-hydrogen) atoms. The molecule has 0 amide bonds. The van der Waals surface area contributed by atoms with Crippen molar-refractivity contribution in [3.05, 3.63) is 29.8 Å². The van der Waals surface area contributed by atoms with Gasteiger partial charge in [-0.15, -0.1) is 11.8 Å². The van der Waals surface area contributed by atoms with Crippen LogP contribution in [0.25, 0.3) is 0 Å². The molecule has 0 unspecified atom stereocenters. The van der Waals surface area contributed by atoms with Gasteiger partial charge in [-0.3, -0.25) is 4.79 Å². The minimum atomic E-state index is -0.558. The van der Waals surface area contributed by atoms with Gasteiger partial charge < -0.3 is 4.74 Å². The van der Waals surface area contributed by atoms with E-state index in [1.54, 1.807) is 0 Å². The summed E-state index contributed by atoms with van der Waals surface area (Å²) in [6.45, 7) is 10.3. The van der Waals surface area contributed by atoms with Gasteiger partial charge in [0.25, 0.3) is 0 Å². The van der Waals surface area contributed by atoms with E-state index in [1.807, 2.05) is 13.8 Å². The quantitative estimate of drug-likeness (QED) is 0.610. The van der Waals surface area contributed by atoms with E-state index in [1.165, 1.54) is 24.4 Å². The second kappa shape index (κ2) is 5.35. The monoisotopic (exact) mass is 266 g/mol. The van der Waals surface area contributed by atoms with Crippen LogP contribution in [0, 0.1) is 0 Å². The molecule has 0 heterocycles. The first kappa shape index (κ1) is 15.1. The molecule has 0 aliphatic carbocycles. The van der Waals surface area contributed by atoms with Crippen LogP contribution in [-0.2, 0) is 14.9 Å². The number of hydrogen-bond acceptors (Lipinski definition) is 3. The van der Waals surface area contributed by atoms with E-state index >= 15 is 0 Å². The summed E-state index contributed by atoms with van der Waals surface area (Å²) in [6, 6.07) is 8.37. The fourth-order valence-corrected chi connectivity index (χ4v) is 2.63. The fraction of sp³-hybridized carbons (Fsp3) is 0.533. The van der Waals surface area contributed by atoms with E-state index in [0.717, 1.165) is 4.90 Å². The molecule has 0 radical (unpaired) electrons. The topological polar surface area (TPSA) is 26.3 Å². The lowest BCUT2D eigenvalue weighted by Crippen LogP contribution is -2.28. The zero-order valence-electron chi connectivity index (χ0n) is 12.0. The summed E-state index contributed by atoms with van der Waals surface area (Å²) >= 11 is 1.52. The van der Waals surface area contributed by atoms with Crippen LogP contribution < -0.4 is 0 Å². The second-order valence-electron chi connectivity index (χ2n) is 5.88. The molecule has 0 atom stereocenters. The molecule has 0 N–H and O–H groups in total. The molecule has 0 bridgehead atoms. The van der Waals surface area contributed by atoms with Crippen molar-refractivity contribution >= 4 is 17.7 Å². The number of hydrogen-bond donors (Lipinski definition) is 0. The van der Waals surface area contributed by atoms with Crippen molar-refractivity contribution in [1.82, 2.24) is 0 Å². The van der Waals surface area contributed by atoms with Crippen molar-refractivity contribution in [3.63, 3.8) is 0 Å². The Kier molecular flexibility index (Phi) is 4.49. The van der Waals surface area contributed by atoms with Gasteiger partial charge in [-0.1, -0.05) is 32.9 Å². The summed E-state index contributed by atoms with van der Waals surface area (Å²) in [5, 5.41) is 0. The molecule has 0 saturated heterocycles. The fourth-order valence-electron chi connectivity index (χ4n) is 1.61. The third-order valence-electron chi connectivity index (χ3n) is 2.77. The van der Waals surface area contributed by atoms with E-state index in [2.05, 4.69) is 45.0 Å². The van der Waals surface area contributed by atoms with Crippen LogP contribution in [0.15, 0.2) is 29.2 Å². The van der Waals surface area contributed by atoms with E-state index in [0.29, 0.717) is 0 Å². The van der Waals surface area contributed by atoms with Crippen molar-refractivity contribution in [2.75, 3.05) is 7.11 Å². The molecule has 3 heteroatoms. The Morgan fingerprint density at radius 3 is 1.94 bits per heavy atom. The van der Waals surface area contributed by atoms with Crippen LogP contribution >= 0.6 is 11.8 Å². The van der Waals surface area contributed by atoms with Gasteiger partial charge in [-0.2, -0.15) is 0 Å². The molecule has 0 aromatic heterocycles. The van der Waals surface area contributed by atoms with E-state index < -0.39 is 4.75 Å². The number of carbonyl (C=O) groups excluding carboxylic acids is 1. The maximum Gasteiger partial charge on any atom is 0.321 e. The molecule has 1 aromatic carbocycles. The predicted molar refractivity (Wildman–Crippen MR) is 77.1 cm³/mol. The third-order valence-corrected chi connectivity index (χ3v) is 3.96. The molecule has 0 saturated carbocycles. The highest BCUT2D eigenvalue weighted by molar-refractivity contribution is 8.01. The van der Waals surface area contributed by atoms with Crippen molar-refractivity contribution in [2.45, 2.75) is 49.7 Å². The first-order valence-corrected chi connectivity index (χ1v) is 6.86. The predicted octanol–water partition coefficient (Wildman–Crippen LogP) is 4.03. The first-order chi connectivity index (χ1) is 8.16. The smallest absolute Gasteiger partial charge is 0.321 e. The molecule has 1 rings (SSSR count). The Labute approximate surface area is 114 Å². The summed E-state index contributed by atoms with van der Waals surface area (Å²) in [6.07, 6.45) is 0. The van der Waals surface area contributed by atoms with Crippen molar-refractivity contribution in [3.8, 4) is 0 Å². The van der Waals surface area contributed by atoms with Gasteiger partial charge >= 0.3 is 5.97 Å². The van der Waals surface area contributed by atoms with Crippen molar-refractivity contribution in [2.24, 2.45) is 0 Å². The van der Waals surface area contributed by atoms with E-state index in [4.69, 9.17) is 4.74 Å². The number of methoxy groups -OCH3 is 1. The van der Waals surface area contributed by atoms with Gasteiger partial charge in [0.15, 0.2) is 0 Å². The van der Waals surface area contributed by atoms with Gasteiger partial charge in [0, 0.05) is 4.90 Å². The molecular formula is C15H22O2S. The van der Waals surface area contributed by atoms with E-state index in [9.17, 15) is 4.79 Å². The lowest BCUT2D eigenvalue weighted by molar-refractivity contribution is -0.142. The zero-order chi connectivity index (χ0) is 14.0. The molecule has 1 aromatic rings. The Morgan fingerprint density at radius 1 is 1.06 bits per heavy atom. The molecule has 100 valence electrons. The highest BCUT2D eigenvalue weighted by atomic mass is 32.2. The SMILES string of the molecule is COC(=O)C(C)(C)Sc1ccc(C(C)(C)C)cc1. The molecule has 0 aliphatic heterocycles. The van der Waals surface area contributed by atoms with Crippen LogP contribution in [0.1, 0.15) is 40.2 Å². The Morgan fingerprint density at radius 2 is 1.56 bits per heavy atom. The van der Waals surface area contributed by atoms with Crippen LogP contribution in [0.4, 0.5) is 0 Å². The van der Waals surface area contributed by atoms with Crippen LogP contribution in [0.3, 0.4) is 0 Å². The number of esters is 1. The minimum Gasteiger partial charge on any atom is -0.468 e. The summed E-state index contributed by atoms with van der Waals surface area (Å²) in [5.41, 5.74) is 1.45. The molecule has 0 aliphatic rings. The Bertz CT molecular complexity index is 413. The maximum absolute atomic E-state index is 11.6. The number of carbonyl (C=O) groups is 1. The maximum atomic E-state index is 11.6. The highest BCUT2D eigenvalue weighted by Crippen LogP contribution is 2.34. The molecule has 0 fully saturated rings. The van der Waals surface area contributed by atoms with Crippen molar-refractivity contribution in [1.29, 1.82) is 0 Å². The summed E-state index contributed by atoms with van der Waals surface area (Å²) in [7, 11) is 1.42. The summed E-state index contributed by atoms with van der Waals surface area (Å²) < 4.78 is 4.25. The summed E-state index contributed by atoms with van der Waals surface area (Å²) in [5.74, 6) is -0.201. The Balaban J connectivity index is 2.85. The second-order valence-corrected chi connectivity index (χ2v) is 7.57. The van der Waals surface area contributed by atoms with Crippen LogP contribution in [-0.4, -0.2) is 17.8 Å². The average molecular weight is 266 g/mol. The van der Waals surface area contributed by atoms with Gasteiger partial charge in [0.1, 0.15) is 4.75 Å². The summed E-state index contributed by atoms with van der Waals surface area (Å²) in [4.78, 5) is 12.7. The average Bonchev–Trinajstić information content (AvgIpc) is 2.26. The number of rotatable bonds is 3. The normalized spacial score (nSPS) is 12.3. The number of ether oxygens (including phenoxy) is 1. The highest BCUT2D eigenvalue weighted by Gasteiger charge is 2.30. The zero-order valence-corrected chi connectivity index (χ0v) is 12.9.